The molecule has 3 unspecified atom stereocenters. The second kappa shape index (κ2) is 8.49. The topological polar surface area (TPSA) is 29.9 Å². The average Bonchev–Trinajstić information content (AvgIpc) is 2.87. The predicted octanol–water partition coefficient (Wildman–Crippen LogP) is 3.13. The first-order chi connectivity index (χ1) is 10.2. The molecule has 0 bridgehead atoms. The van der Waals surface area contributed by atoms with E-state index in [1.54, 1.807) is 0 Å². The van der Waals surface area contributed by atoms with Crippen molar-refractivity contribution in [2.75, 3.05) is 18.1 Å². The maximum atomic E-state index is 4.60. The van der Waals surface area contributed by atoms with Gasteiger partial charge in [-0.25, -0.2) is 0 Å². The van der Waals surface area contributed by atoms with E-state index < -0.39 is 0 Å². The average molecular weight is 328 g/mol. The normalized spacial score (nSPS) is 24.2. The molecule has 2 rings (SSSR count). The summed E-state index contributed by atoms with van der Waals surface area (Å²) in [7, 11) is 2.08. The maximum Gasteiger partial charge on any atom is 0.0624 e. The van der Waals surface area contributed by atoms with Crippen molar-refractivity contribution < 1.29 is 0 Å². The van der Waals surface area contributed by atoms with Crippen molar-refractivity contribution in [1.29, 1.82) is 0 Å². The molecule has 1 aromatic rings. The third kappa shape index (κ3) is 4.42. The van der Waals surface area contributed by atoms with E-state index in [2.05, 4.69) is 72.5 Å². The zero-order chi connectivity index (χ0) is 15.2. The molecular weight excluding hydrogens is 298 g/mol. The Morgan fingerprint density at radius 3 is 2.71 bits per heavy atom. The van der Waals surface area contributed by atoms with Gasteiger partial charge in [-0.05, 0) is 25.5 Å². The second-order valence-corrected chi connectivity index (χ2v) is 8.26. The van der Waals surface area contributed by atoms with Gasteiger partial charge in [0.2, 0.25) is 0 Å². The van der Waals surface area contributed by atoms with Crippen LogP contribution >= 0.6 is 23.5 Å². The Morgan fingerprint density at radius 2 is 2.10 bits per heavy atom. The van der Waals surface area contributed by atoms with E-state index in [1.165, 1.54) is 29.3 Å². The number of likely N-dealkylation sites (N-methyl/N-ethyl adjacent to an activating group) is 1. The molecule has 1 aromatic heterocycles. The first-order valence-electron chi connectivity index (χ1n) is 8.17. The number of aryl methyl sites for hydroxylation is 2. The lowest BCUT2D eigenvalue weighted by Gasteiger charge is -2.36. The summed E-state index contributed by atoms with van der Waals surface area (Å²) in [4.78, 5) is 0. The molecule has 1 aliphatic rings. The summed E-state index contributed by atoms with van der Waals surface area (Å²) in [6.07, 6.45) is 3.38. The molecule has 2 heterocycles. The summed E-state index contributed by atoms with van der Waals surface area (Å²) in [5.74, 6) is 2.60. The van der Waals surface area contributed by atoms with E-state index in [4.69, 9.17) is 0 Å². The fourth-order valence-corrected chi connectivity index (χ4v) is 6.30. The third-order valence-electron chi connectivity index (χ3n) is 4.18. The molecule has 21 heavy (non-hydrogen) atoms. The molecule has 0 aromatic carbocycles. The number of hydrogen-bond donors (Lipinski definition) is 1. The Morgan fingerprint density at radius 1 is 1.33 bits per heavy atom. The van der Waals surface area contributed by atoms with Gasteiger partial charge in [0.25, 0.3) is 0 Å². The summed E-state index contributed by atoms with van der Waals surface area (Å²) >= 11 is 4.34. The lowest BCUT2D eigenvalue weighted by Crippen LogP contribution is -2.46. The maximum absolute atomic E-state index is 4.60. The van der Waals surface area contributed by atoms with Gasteiger partial charge in [-0.1, -0.05) is 20.8 Å². The Kier molecular flexibility index (Phi) is 6.96. The van der Waals surface area contributed by atoms with Gasteiger partial charge >= 0.3 is 0 Å². The van der Waals surface area contributed by atoms with Crippen LogP contribution < -0.4 is 5.32 Å². The van der Waals surface area contributed by atoms with Crippen LogP contribution in [0.15, 0.2) is 6.07 Å². The minimum absolute atomic E-state index is 0.554. The molecule has 0 radical (unpaired) electrons. The van der Waals surface area contributed by atoms with Crippen LogP contribution in [0.1, 0.15) is 38.6 Å². The van der Waals surface area contributed by atoms with Crippen LogP contribution in [0, 0.1) is 0 Å². The highest BCUT2D eigenvalue weighted by Crippen LogP contribution is 2.36. The van der Waals surface area contributed by atoms with Crippen LogP contribution in [-0.2, 0) is 19.9 Å². The molecule has 1 aliphatic heterocycles. The van der Waals surface area contributed by atoms with Crippen molar-refractivity contribution >= 4 is 23.5 Å². The first kappa shape index (κ1) is 17.2. The molecule has 0 saturated carbocycles. The smallest absolute Gasteiger partial charge is 0.0624 e. The zero-order valence-electron chi connectivity index (χ0n) is 13.8. The van der Waals surface area contributed by atoms with Gasteiger partial charge in [0.1, 0.15) is 0 Å². The van der Waals surface area contributed by atoms with Crippen molar-refractivity contribution in [3.05, 3.63) is 17.5 Å². The van der Waals surface area contributed by atoms with E-state index >= 15 is 0 Å². The number of aromatic nitrogens is 2. The highest BCUT2D eigenvalue weighted by Gasteiger charge is 2.32. The SMILES string of the molecule is CCNC(Cc1cc(CC)nn1C)C1SCCSC1CC. The van der Waals surface area contributed by atoms with Crippen molar-refractivity contribution in [1.82, 2.24) is 15.1 Å². The molecule has 120 valence electrons. The molecule has 1 saturated heterocycles. The van der Waals surface area contributed by atoms with Crippen LogP contribution in [-0.4, -0.2) is 44.4 Å². The van der Waals surface area contributed by atoms with Crippen LogP contribution in [0.25, 0.3) is 0 Å². The lowest BCUT2D eigenvalue weighted by molar-refractivity contribution is 0.477. The number of nitrogens with zero attached hydrogens (tertiary/aromatic N) is 2. The monoisotopic (exact) mass is 327 g/mol. The number of thioether (sulfide) groups is 2. The fourth-order valence-electron chi connectivity index (χ4n) is 3.04. The Labute approximate surface area is 138 Å². The van der Waals surface area contributed by atoms with Crippen molar-refractivity contribution in [3.8, 4) is 0 Å². The Hall–Kier alpha value is -0.130. The molecule has 0 amide bonds. The van der Waals surface area contributed by atoms with Crippen molar-refractivity contribution in [2.45, 2.75) is 56.6 Å². The quantitative estimate of drug-likeness (QED) is 0.833. The largest absolute Gasteiger partial charge is 0.313 e. The van der Waals surface area contributed by atoms with Gasteiger partial charge in [-0.3, -0.25) is 4.68 Å². The molecule has 3 nitrogen and oxygen atoms in total. The van der Waals surface area contributed by atoms with Crippen LogP contribution in [0.3, 0.4) is 0 Å². The number of nitrogens with one attached hydrogen (secondary N) is 1. The van der Waals surface area contributed by atoms with E-state index in [1.807, 2.05) is 0 Å². The number of rotatable bonds is 7. The second-order valence-electron chi connectivity index (χ2n) is 5.63. The van der Waals surface area contributed by atoms with Gasteiger partial charge in [0.15, 0.2) is 0 Å². The minimum atomic E-state index is 0.554. The zero-order valence-corrected chi connectivity index (χ0v) is 15.4. The first-order valence-corrected chi connectivity index (χ1v) is 10.3. The van der Waals surface area contributed by atoms with Crippen LogP contribution in [0.5, 0.6) is 0 Å². The fraction of sp³-hybridized carbons (Fsp3) is 0.812. The van der Waals surface area contributed by atoms with E-state index in [0.29, 0.717) is 11.3 Å². The molecule has 1 fully saturated rings. The van der Waals surface area contributed by atoms with E-state index in [9.17, 15) is 0 Å². The summed E-state index contributed by atoms with van der Waals surface area (Å²) in [5.41, 5.74) is 2.57. The molecule has 1 N–H and O–H groups in total. The summed E-state index contributed by atoms with van der Waals surface area (Å²) < 4.78 is 2.07. The highest BCUT2D eigenvalue weighted by molar-refractivity contribution is 8.07. The highest BCUT2D eigenvalue weighted by atomic mass is 32.2. The van der Waals surface area contributed by atoms with E-state index in [-0.39, 0.29) is 0 Å². The van der Waals surface area contributed by atoms with Gasteiger partial charge in [-0.2, -0.15) is 28.6 Å². The Bertz CT molecular complexity index is 433. The van der Waals surface area contributed by atoms with Crippen LogP contribution in [0.4, 0.5) is 0 Å². The Balaban J connectivity index is 2.11. The van der Waals surface area contributed by atoms with Crippen molar-refractivity contribution in [3.63, 3.8) is 0 Å². The molecule has 0 spiro atoms. The standard InChI is InChI=1S/C16H29N3S2/c1-5-12-10-13(19(4)18-12)11-14(17-7-3)16-15(6-2)20-8-9-21-16/h10,14-17H,5-9,11H2,1-4H3. The molecule has 5 heteroatoms. The van der Waals surface area contributed by atoms with Crippen LogP contribution in [0.2, 0.25) is 0 Å². The van der Waals surface area contributed by atoms with Gasteiger partial charge in [-0.15, -0.1) is 0 Å². The van der Waals surface area contributed by atoms with Gasteiger partial charge in [0, 0.05) is 47.2 Å². The van der Waals surface area contributed by atoms with Gasteiger partial charge in [0.05, 0.1) is 5.69 Å². The summed E-state index contributed by atoms with van der Waals surface area (Å²) in [5, 5.41) is 9.85. The molecular formula is C16H29N3S2. The predicted molar refractivity (Wildman–Crippen MR) is 96.5 cm³/mol. The minimum Gasteiger partial charge on any atom is -0.313 e. The van der Waals surface area contributed by atoms with Crippen molar-refractivity contribution in [2.24, 2.45) is 7.05 Å². The van der Waals surface area contributed by atoms with E-state index in [0.717, 1.165) is 24.6 Å². The molecule has 0 aliphatic carbocycles. The lowest BCUT2D eigenvalue weighted by atomic mass is 10.0. The molecule has 3 atom stereocenters. The number of hydrogen-bond acceptors (Lipinski definition) is 4. The van der Waals surface area contributed by atoms with Gasteiger partial charge < -0.3 is 5.32 Å². The summed E-state index contributed by atoms with van der Waals surface area (Å²) in [6.45, 7) is 7.77. The third-order valence-corrected chi connectivity index (χ3v) is 7.58. The summed E-state index contributed by atoms with van der Waals surface area (Å²) in [6, 6.07) is 2.84.